The van der Waals surface area contributed by atoms with Crippen molar-refractivity contribution >= 4 is 15.9 Å². The van der Waals surface area contributed by atoms with Gasteiger partial charge in [-0.05, 0) is 41.4 Å². The van der Waals surface area contributed by atoms with Crippen molar-refractivity contribution in [2.24, 2.45) is 0 Å². The second kappa shape index (κ2) is 4.66. The summed E-state index contributed by atoms with van der Waals surface area (Å²) in [7, 11) is 0. The molecule has 0 aliphatic carbocycles. The second-order valence-electron chi connectivity index (χ2n) is 4.44. The van der Waals surface area contributed by atoms with Crippen molar-refractivity contribution in [2.75, 3.05) is 13.1 Å². The molecule has 0 bridgehead atoms. The van der Waals surface area contributed by atoms with E-state index in [-0.39, 0.29) is 0 Å². The summed E-state index contributed by atoms with van der Waals surface area (Å²) in [6, 6.07) is 2.03. The van der Waals surface area contributed by atoms with E-state index in [9.17, 15) is 0 Å². The predicted octanol–water partition coefficient (Wildman–Crippen LogP) is 2.63. The van der Waals surface area contributed by atoms with Gasteiger partial charge in [0.2, 0.25) is 0 Å². The van der Waals surface area contributed by atoms with Crippen LogP contribution in [0.5, 0.6) is 0 Å². The van der Waals surface area contributed by atoms with E-state index >= 15 is 0 Å². The van der Waals surface area contributed by atoms with Gasteiger partial charge >= 0.3 is 0 Å². The van der Waals surface area contributed by atoms with Crippen molar-refractivity contribution < 1.29 is 0 Å². The molecular weight excluding hydrogens is 280 g/mol. The normalized spacial score (nSPS) is 20.6. The molecule has 5 heteroatoms. The Kier molecular flexibility index (Phi) is 3.03. The molecule has 4 nitrogen and oxygen atoms in total. The molecule has 3 heterocycles. The lowest BCUT2D eigenvalue weighted by atomic mass is 9.96. The van der Waals surface area contributed by atoms with Gasteiger partial charge in [-0.25, -0.2) is 0 Å². The highest BCUT2D eigenvalue weighted by molar-refractivity contribution is 9.10. The number of hydrogen-bond donors (Lipinski definition) is 3. The molecule has 90 valence electrons. The SMILES string of the molecule is Brc1c(-c2cc[nH]c2)n[nH]c1C1CCCNC1. The molecule has 1 atom stereocenters. The molecule has 0 radical (unpaired) electrons. The van der Waals surface area contributed by atoms with Gasteiger partial charge in [0, 0.05) is 30.4 Å². The van der Waals surface area contributed by atoms with Crippen LogP contribution in [0.25, 0.3) is 11.3 Å². The van der Waals surface area contributed by atoms with Crippen molar-refractivity contribution in [3.8, 4) is 11.3 Å². The van der Waals surface area contributed by atoms with Crippen LogP contribution in [-0.2, 0) is 0 Å². The zero-order valence-corrected chi connectivity index (χ0v) is 11.0. The highest BCUT2D eigenvalue weighted by Gasteiger charge is 2.22. The molecule has 3 rings (SSSR count). The lowest BCUT2D eigenvalue weighted by Gasteiger charge is -2.21. The Balaban J connectivity index is 1.92. The van der Waals surface area contributed by atoms with Crippen LogP contribution >= 0.6 is 15.9 Å². The minimum absolute atomic E-state index is 0.540. The smallest absolute Gasteiger partial charge is 0.108 e. The zero-order chi connectivity index (χ0) is 11.7. The molecule has 1 aliphatic heterocycles. The van der Waals surface area contributed by atoms with E-state index in [1.54, 1.807) is 0 Å². The van der Waals surface area contributed by atoms with Gasteiger partial charge in [-0.1, -0.05) is 0 Å². The predicted molar refractivity (Wildman–Crippen MR) is 70.9 cm³/mol. The Bertz CT molecular complexity index is 483. The first-order valence-corrected chi connectivity index (χ1v) is 6.73. The van der Waals surface area contributed by atoms with Gasteiger partial charge in [0.05, 0.1) is 10.2 Å². The van der Waals surface area contributed by atoms with Crippen LogP contribution < -0.4 is 5.32 Å². The van der Waals surface area contributed by atoms with Gasteiger partial charge in [-0.3, -0.25) is 5.10 Å². The Hall–Kier alpha value is -1.07. The molecule has 0 aromatic carbocycles. The van der Waals surface area contributed by atoms with E-state index in [4.69, 9.17) is 0 Å². The number of hydrogen-bond acceptors (Lipinski definition) is 2. The number of halogens is 1. The number of piperidine rings is 1. The fourth-order valence-electron chi connectivity index (χ4n) is 2.37. The molecule has 3 N–H and O–H groups in total. The van der Waals surface area contributed by atoms with Crippen LogP contribution in [0.3, 0.4) is 0 Å². The first kappa shape index (κ1) is 11.0. The van der Waals surface area contributed by atoms with E-state index < -0.39 is 0 Å². The maximum absolute atomic E-state index is 4.41. The first-order valence-electron chi connectivity index (χ1n) is 5.94. The minimum Gasteiger partial charge on any atom is -0.367 e. The molecule has 1 unspecified atom stereocenters. The standard InChI is InChI=1S/C12H15BrN4/c13-10-11(8-2-1-4-14-6-8)16-17-12(10)9-3-5-15-7-9/h3,5,7-8,14-15H,1-2,4,6H2,(H,16,17). The molecule has 2 aromatic rings. The summed E-state index contributed by atoms with van der Waals surface area (Å²) in [5.74, 6) is 0.540. The highest BCUT2D eigenvalue weighted by Crippen LogP contribution is 2.34. The Morgan fingerprint density at radius 1 is 1.41 bits per heavy atom. The second-order valence-corrected chi connectivity index (χ2v) is 5.24. The number of nitrogens with one attached hydrogen (secondary N) is 3. The van der Waals surface area contributed by atoms with Gasteiger partial charge in [0.1, 0.15) is 5.69 Å². The maximum Gasteiger partial charge on any atom is 0.108 e. The molecule has 0 amide bonds. The molecule has 1 aliphatic rings. The van der Waals surface area contributed by atoms with E-state index in [1.807, 2.05) is 18.5 Å². The van der Waals surface area contributed by atoms with Crippen molar-refractivity contribution in [1.82, 2.24) is 20.5 Å². The van der Waals surface area contributed by atoms with Crippen LogP contribution in [0.1, 0.15) is 24.5 Å². The van der Waals surface area contributed by atoms with Crippen LogP contribution in [0, 0.1) is 0 Å². The van der Waals surface area contributed by atoms with E-state index in [0.29, 0.717) is 5.92 Å². The van der Waals surface area contributed by atoms with Gasteiger partial charge < -0.3 is 10.3 Å². The zero-order valence-electron chi connectivity index (χ0n) is 9.46. The topological polar surface area (TPSA) is 56.5 Å². The number of rotatable bonds is 2. The van der Waals surface area contributed by atoms with Crippen molar-refractivity contribution in [1.29, 1.82) is 0 Å². The van der Waals surface area contributed by atoms with Crippen molar-refractivity contribution in [3.63, 3.8) is 0 Å². The minimum atomic E-state index is 0.540. The molecule has 0 saturated carbocycles. The van der Waals surface area contributed by atoms with E-state index in [0.717, 1.165) is 28.8 Å². The summed E-state index contributed by atoms with van der Waals surface area (Å²) in [6.45, 7) is 2.17. The summed E-state index contributed by atoms with van der Waals surface area (Å²) < 4.78 is 1.10. The average Bonchev–Trinajstić information content (AvgIpc) is 2.99. The Labute approximate surface area is 108 Å². The molecule has 0 spiro atoms. The van der Waals surface area contributed by atoms with E-state index in [1.165, 1.54) is 18.5 Å². The third-order valence-corrected chi connectivity index (χ3v) is 4.11. The average molecular weight is 295 g/mol. The van der Waals surface area contributed by atoms with Gasteiger partial charge in [0.25, 0.3) is 0 Å². The fraction of sp³-hybridized carbons (Fsp3) is 0.417. The number of aromatic amines is 2. The molecule has 2 aromatic heterocycles. The molecule has 1 saturated heterocycles. The summed E-state index contributed by atoms with van der Waals surface area (Å²) in [6.07, 6.45) is 6.33. The van der Waals surface area contributed by atoms with E-state index in [2.05, 4.69) is 36.4 Å². The van der Waals surface area contributed by atoms with Crippen LogP contribution in [0.4, 0.5) is 0 Å². The summed E-state index contributed by atoms with van der Waals surface area (Å²) in [5.41, 5.74) is 3.32. The lowest BCUT2D eigenvalue weighted by Crippen LogP contribution is -2.28. The number of nitrogens with zero attached hydrogens (tertiary/aromatic N) is 1. The van der Waals surface area contributed by atoms with Gasteiger partial charge in [-0.15, -0.1) is 0 Å². The lowest BCUT2D eigenvalue weighted by molar-refractivity contribution is 0.453. The van der Waals surface area contributed by atoms with Crippen LogP contribution in [-0.4, -0.2) is 28.3 Å². The Morgan fingerprint density at radius 3 is 3.06 bits per heavy atom. The molecule has 1 fully saturated rings. The summed E-state index contributed by atoms with van der Waals surface area (Å²) in [4.78, 5) is 3.06. The third kappa shape index (κ3) is 2.05. The first-order chi connectivity index (χ1) is 8.36. The fourth-order valence-corrected chi connectivity index (χ4v) is 3.10. The number of H-pyrrole nitrogens is 2. The van der Waals surface area contributed by atoms with Gasteiger partial charge in [-0.2, -0.15) is 5.10 Å². The quantitative estimate of drug-likeness (QED) is 0.797. The van der Waals surface area contributed by atoms with Crippen molar-refractivity contribution in [3.05, 3.63) is 28.6 Å². The molecular formula is C12H15BrN4. The Morgan fingerprint density at radius 2 is 2.35 bits per heavy atom. The van der Waals surface area contributed by atoms with Crippen molar-refractivity contribution in [2.45, 2.75) is 18.8 Å². The largest absolute Gasteiger partial charge is 0.367 e. The summed E-state index contributed by atoms with van der Waals surface area (Å²) >= 11 is 3.67. The monoisotopic (exact) mass is 294 g/mol. The number of aromatic nitrogens is 3. The molecule has 17 heavy (non-hydrogen) atoms. The maximum atomic E-state index is 4.41. The van der Waals surface area contributed by atoms with Crippen LogP contribution in [0.2, 0.25) is 0 Å². The van der Waals surface area contributed by atoms with Gasteiger partial charge in [0.15, 0.2) is 0 Å². The summed E-state index contributed by atoms with van der Waals surface area (Å²) in [5, 5.41) is 11.0. The van der Waals surface area contributed by atoms with Crippen LogP contribution in [0.15, 0.2) is 22.9 Å². The third-order valence-electron chi connectivity index (χ3n) is 3.31. The highest BCUT2D eigenvalue weighted by atomic mass is 79.9.